The molecule has 0 aliphatic heterocycles. The number of sulfonamides is 1. The first-order valence-electron chi connectivity index (χ1n) is 9.14. The smallest absolute Gasteiger partial charge is 0.321 e. The Balaban J connectivity index is 1.52. The van der Waals surface area contributed by atoms with Crippen LogP contribution in [0.15, 0.2) is 41.3 Å². The van der Waals surface area contributed by atoms with Crippen molar-refractivity contribution in [3.05, 3.63) is 64.2 Å². The molecule has 2 aromatic rings. The number of ether oxygens (including phenoxy) is 1. The minimum absolute atomic E-state index is 0.0811. The van der Waals surface area contributed by atoms with Crippen molar-refractivity contribution in [3.63, 3.8) is 0 Å². The van der Waals surface area contributed by atoms with Crippen LogP contribution in [0.3, 0.4) is 0 Å². The third kappa shape index (κ3) is 4.66. The molecule has 7 heteroatoms. The first-order valence-corrected chi connectivity index (χ1v) is 10.6. The van der Waals surface area contributed by atoms with Gasteiger partial charge in [-0.1, -0.05) is 18.2 Å². The third-order valence-electron chi connectivity index (χ3n) is 4.98. The molecule has 148 valence electrons. The van der Waals surface area contributed by atoms with Crippen molar-refractivity contribution in [2.24, 2.45) is 0 Å². The first kappa shape index (κ1) is 20.2. The summed E-state index contributed by atoms with van der Waals surface area (Å²) < 4.78 is 31.7. The molecule has 28 heavy (non-hydrogen) atoms. The normalized spacial score (nSPS) is 13.2. The fraction of sp³-hybridized carbons (Fsp3) is 0.333. The minimum Gasteiger partial charge on any atom is -0.456 e. The summed E-state index contributed by atoms with van der Waals surface area (Å²) in [5.41, 5.74) is 4.74. The lowest BCUT2D eigenvalue weighted by Crippen LogP contribution is -2.31. The number of hydrogen-bond acceptors (Lipinski definition) is 5. The van der Waals surface area contributed by atoms with Gasteiger partial charge in [-0.2, -0.15) is 4.72 Å². The number of benzene rings is 2. The summed E-state index contributed by atoms with van der Waals surface area (Å²) >= 11 is 0. The molecule has 1 aliphatic carbocycles. The predicted octanol–water partition coefficient (Wildman–Crippen LogP) is 2.50. The van der Waals surface area contributed by atoms with E-state index in [1.165, 1.54) is 17.2 Å². The van der Waals surface area contributed by atoms with Crippen LogP contribution in [0.4, 0.5) is 0 Å². The highest BCUT2D eigenvalue weighted by atomic mass is 32.2. The molecule has 0 aromatic heterocycles. The van der Waals surface area contributed by atoms with E-state index in [-0.39, 0.29) is 10.7 Å². The van der Waals surface area contributed by atoms with Gasteiger partial charge < -0.3 is 4.74 Å². The lowest BCUT2D eigenvalue weighted by molar-refractivity contribution is -0.141. The van der Waals surface area contributed by atoms with E-state index in [4.69, 9.17) is 4.74 Å². The van der Waals surface area contributed by atoms with Crippen LogP contribution in [0.2, 0.25) is 0 Å². The van der Waals surface area contributed by atoms with E-state index in [2.05, 4.69) is 4.72 Å². The SMILES string of the molecule is Cc1ccc(S(=O)(=O)NCC(=O)OCC(=O)c2ccc3c(c2)CCC3)cc1C. The zero-order valence-electron chi connectivity index (χ0n) is 15.9. The van der Waals surface area contributed by atoms with Crippen molar-refractivity contribution in [3.8, 4) is 0 Å². The van der Waals surface area contributed by atoms with Crippen LogP contribution in [0.25, 0.3) is 0 Å². The summed E-state index contributed by atoms with van der Waals surface area (Å²) in [6.45, 7) is 2.75. The quantitative estimate of drug-likeness (QED) is 0.569. The molecule has 0 saturated heterocycles. The maximum atomic E-state index is 12.3. The van der Waals surface area contributed by atoms with Crippen molar-refractivity contribution in [2.45, 2.75) is 38.0 Å². The van der Waals surface area contributed by atoms with E-state index in [9.17, 15) is 18.0 Å². The number of aryl methyl sites for hydroxylation is 4. The van der Waals surface area contributed by atoms with E-state index in [1.807, 2.05) is 26.0 Å². The fourth-order valence-electron chi connectivity index (χ4n) is 3.14. The molecular weight excluding hydrogens is 378 g/mol. The second-order valence-electron chi connectivity index (χ2n) is 6.99. The van der Waals surface area contributed by atoms with Crippen molar-refractivity contribution in [1.82, 2.24) is 4.72 Å². The van der Waals surface area contributed by atoms with Gasteiger partial charge in [-0.25, -0.2) is 8.42 Å². The van der Waals surface area contributed by atoms with Crippen LogP contribution < -0.4 is 4.72 Å². The second kappa shape index (κ2) is 8.24. The number of Topliss-reactive ketones (excluding diaryl/α,β-unsaturated/α-hetero) is 1. The van der Waals surface area contributed by atoms with Gasteiger partial charge in [0.2, 0.25) is 10.0 Å². The van der Waals surface area contributed by atoms with Crippen molar-refractivity contribution in [2.75, 3.05) is 13.2 Å². The van der Waals surface area contributed by atoms with Crippen LogP contribution in [-0.4, -0.2) is 33.3 Å². The first-order chi connectivity index (χ1) is 13.3. The zero-order valence-corrected chi connectivity index (χ0v) is 16.8. The number of esters is 1. The molecule has 1 N–H and O–H groups in total. The summed E-state index contributed by atoms with van der Waals surface area (Å²) in [5, 5.41) is 0. The molecule has 0 heterocycles. The van der Waals surface area contributed by atoms with Crippen LogP contribution in [-0.2, 0) is 32.4 Å². The van der Waals surface area contributed by atoms with Crippen molar-refractivity contribution in [1.29, 1.82) is 0 Å². The van der Waals surface area contributed by atoms with E-state index in [0.717, 1.165) is 30.4 Å². The van der Waals surface area contributed by atoms with Gasteiger partial charge in [0.25, 0.3) is 0 Å². The van der Waals surface area contributed by atoms with Gasteiger partial charge in [-0.3, -0.25) is 9.59 Å². The lowest BCUT2D eigenvalue weighted by Gasteiger charge is -2.09. The van der Waals surface area contributed by atoms with Gasteiger partial charge in [-0.05, 0) is 73.6 Å². The van der Waals surface area contributed by atoms with Crippen LogP contribution in [0.5, 0.6) is 0 Å². The number of rotatable bonds is 7. The lowest BCUT2D eigenvalue weighted by atomic mass is 10.0. The monoisotopic (exact) mass is 401 g/mol. The second-order valence-corrected chi connectivity index (χ2v) is 8.76. The Hall–Kier alpha value is -2.51. The standard InChI is InChI=1S/C21H23NO5S/c1-14-6-9-19(10-15(14)2)28(25,26)22-12-21(24)27-13-20(23)18-8-7-16-4-3-5-17(16)11-18/h6-11,22H,3-5,12-13H2,1-2H3. The molecule has 1 aliphatic rings. The average molecular weight is 401 g/mol. The molecule has 0 bridgehead atoms. The van der Waals surface area contributed by atoms with Crippen LogP contribution in [0, 0.1) is 13.8 Å². The van der Waals surface area contributed by atoms with Crippen LogP contribution >= 0.6 is 0 Å². The Kier molecular flexibility index (Phi) is 5.96. The number of carbonyl (C=O) groups is 2. The maximum absolute atomic E-state index is 12.3. The van der Waals surface area contributed by atoms with E-state index >= 15 is 0 Å². The number of ketones is 1. The van der Waals surface area contributed by atoms with Gasteiger partial charge in [0, 0.05) is 5.56 Å². The van der Waals surface area contributed by atoms with Crippen molar-refractivity contribution < 1.29 is 22.7 Å². The molecule has 0 radical (unpaired) electrons. The highest BCUT2D eigenvalue weighted by Gasteiger charge is 2.18. The summed E-state index contributed by atoms with van der Waals surface area (Å²) in [6, 6.07) is 10.3. The van der Waals surface area contributed by atoms with Gasteiger partial charge >= 0.3 is 5.97 Å². The topological polar surface area (TPSA) is 89.5 Å². The number of nitrogens with one attached hydrogen (secondary N) is 1. The average Bonchev–Trinajstić information content (AvgIpc) is 3.14. The van der Waals surface area contributed by atoms with Gasteiger partial charge in [0.05, 0.1) is 4.90 Å². The summed E-state index contributed by atoms with van der Waals surface area (Å²) in [5.74, 6) is -1.11. The Morgan fingerprint density at radius 1 is 1.00 bits per heavy atom. The number of carbonyl (C=O) groups excluding carboxylic acids is 2. The highest BCUT2D eigenvalue weighted by molar-refractivity contribution is 7.89. The molecule has 0 fully saturated rings. The van der Waals surface area contributed by atoms with Gasteiger partial charge in [-0.15, -0.1) is 0 Å². The highest BCUT2D eigenvalue weighted by Crippen LogP contribution is 2.23. The molecule has 6 nitrogen and oxygen atoms in total. The summed E-state index contributed by atoms with van der Waals surface area (Å²) in [4.78, 5) is 24.2. The summed E-state index contributed by atoms with van der Waals surface area (Å²) in [7, 11) is -3.83. The van der Waals surface area contributed by atoms with Crippen molar-refractivity contribution >= 4 is 21.8 Å². The minimum atomic E-state index is -3.83. The molecule has 0 spiro atoms. The molecule has 3 rings (SSSR count). The molecule has 0 amide bonds. The Morgan fingerprint density at radius 3 is 2.50 bits per heavy atom. The molecule has 0 unspecified atom stereocenters. The molecule has 0 saturated carbocycles. The van der Waals surface area contributed by atoms with E-state index in [1.54, 1.807) is 18.2 Å². The number of fused-ring (bicyclic) bond motifs is 1. The molecule has 2 aromatic carbocycles. The van der Waals surface area contributed by atoms with Gasteiger partial charge in [0.15, 0.2) is 12.4 Å². The van der Waals surface area contributed by atoms with E-state index in [0.29, 0.717) is 5.56 Å². The molecular formula is C21H23NO5S. The van der Waals surface area contributed by atoms with Gasteiger partial charge in [0.1, 0.15) is 6.54 Å². The molecule has 0 atom stereocenters. The maximum Gasteiger partial charge on any atom is 0.321 e. The van der Waals surface area contributed by atoms with Crippen LogP contribution in [0.1, 0.15) is 39.0 Å². The summed E-state index contributed by atoms with van der Waals surface area (Å²) in [6.07, 6.45) is 3.07. The Labute approximate surface area is 165 Å². The number of hydrogen-bond donors (Lipinski definition) is 1. The largest absolute Gasteiger partial charge is 0.456 e. The van der Waals surface area contributed by atoms with E-state index < -0.39 is 29.1 Å². The Morgan fingerprint density at radius 2 is 1.75 bits per heavy atom. The fourth-order valence-corrected chi connectivity index (χ4v) is 4.20. The predicted molar refractivity (Wildman–Crippen MR) is 105 cm³/mol. The Bertz CT molecular complexity index is 1030. The zero-order chi connectivity index (χ0) is 20.3. The third-order valence-corrected chi connectivity index (χ3v) is 6.38.